The standard InChI is InChI=1S/C16H29N3/c1-4-19-10-9-18-15(19)12-17-13-16(11-14(2)3)7-5-6-8-16/h9-10,14,17H,4-8,11-13H2,1-3H3. The highest BCUT2D eigenvalue weighted by molar-refractivity contribution is 4.93. The van der Waals surface area contributed by atoms with Crippen LogP contribution in [0.1, 0.15) is 58.7 Å². The molecule has 1 aromatic heterocycles. The van der Waals surface area contributed by atoms with Crippen LogP contribution in [0.15, 0.2) is 12.4 Å². The van der Waals surface area contributed by atoms with E-state index in [9.17, 15) is 0 Å². The lowest BCUT2D eigenvalue weighted by atomic mass is 9.78. The average molecular weight is 263 g/mol. The van der Waals surface area contributed by atoms with Gasteiger partial charge in [0, 0.05) is 25.5 Å². The Balaban J connectivity index is 1.86. The average Bonchev–Trinajstić information content (AvgIpc) is 2.98. The molecule has 1 aliphatic rings. The molecule has 0 aromatic carbocycles. The number of imidazole rings is 1. The Morgan fingerprint density at radius 3 is 2.74 bits per heavy atom. The van der Waals surface area contributed by atoms with Gasteiger partial charge in [0.15, 0.2) is 0 Å². The maximum absolute atomic E-state index is 4.44. The summed E-state index contributed by atoms with van der Waals surface area (Å²) in [5.74, 6) is 1.97. The van der Waals surface area contributed by atoms with Gasteiger partial charge in [-0.05, 0) is 37.5 Å². The second-order valence-corrected chi connectivity index (χ2v) is 6.54. The zero-order chi connectivity index (χ0) is 13.7. The largest absolute Gasteiger partial charge is 0.334 e. The number of hydrogen-bond donors (Lipinski definition) is 1. The third kappa shape index (κ3) is 3.82. The maximum Gasteiger partial charge on any atom is 0.122 e. The minimum absolute atomic E-state index is 0.553. The van der Waals surface area contributed by atoms with Crippen LogP contribution in [0.2, 0.25) is 0 Å². The summed E-state index contributed by atoms with van der Waals surface area (Å²) in [4.78, 5) is 4.44. The van der Waals surface area contributed by atoms with Crippen molar-refractivity contribution in [2.75, 3.05) is 6.54 Å². The maximum atomic E-state index is 4.44. The van der Waals surface area contributed by atoms with Crippen LogP contribution in [0.25, 0.3) is 0 Å². The number of aryl methyl sites for hydroxylation is 1. The number of aromatic nitrogens is 2. The van der Waals surface area contributed by atoms with Gasteiger partial charge >= 0.3 is 0 Å². The quantitative estimate of drug-likeness (QED) is 0.814. The Morgan fingerprint density at radius 2 is 2.11 bits per heavy atom. The zero-order valence-corrected chi connectivity index (χ0v) is 12.8. The molecule has 1 heterocycles. The molecular weight excluding hydrogens is 234 g/mol. The van der Waals surface area contributed by atoms with E-state index in [1.165, 1.54) is 37.9 Å². The van der Waals surface area contributed by atoms with Crippen LogP contribution in [-0.2, 0) is 13.1 Å². The lowest BCUT2D eigenvalue weighted by Crippen LogP contribution is -2.33. The van der Waals surface area contributed by atoms with E-state index >= 15 is 0 Å². The van der Waals surface area contributed by atoms with Crippen molar-refractivity contribution >= 4 is 0 Å². The molecule has 19 heavy (non-hydrogen) atoms. The van der Waals surface area contributed by atoms with Crippen molar-refractivity contribution in [2.45, 2.75) is 66.0 Å². The minimum atomic E-state index is 0.553. The first kappa shape index (κ1) is 14.6. The molecule has 1 saturated carbocycles. The Kier molecular flexibility index (Phi) is 5.03. The first-order chi connectivity index (χ1) is 9.15. The van der Waals surface area contributed by atoms with Gasteiger partial charge in [-0.1, -0.05) is 26.7 Å². The van der Waals surface area contributed by atoms with Crippen LogP contribution in [0, 0.1) is 11.3 Å². The summed E-state index contributed by atoms with van der Waals surface area (Å²) in [6, 6.07) is 0. The summed E-state index contributed by atoms with van der Waals surface area (Å²) in [7, 11) is 0. The highest BCUT2D eigenvalue weighted by Crippen LogP contribution is 2.42. The van der Waals surface area contributed by atoms with E-state index in [1.807, 2.05) is 6.20 Å². The normalized spacial score (nSPS) is 18.3. The highest BCUT2D eigenvalue weighted by atomic mass is 15.1. The van der Waals surface area contributed by atoms with Gasteiger partial charge in [-0.15, -0.1) is 0 Å². The smallest absolute Gasteiger partial charge is 0.122 e. The van der Waals surface area contributed by atoms with E-state index in [4.69, 9.17) is 0 Å². The monoisotopic (exact) mass is 263 g/mol. The van der Waals surface area contributed by atoms with Crippen LogP contribution >= 0.6 is 0 Å². The number of nitrogens with one attached hydrogen (secondary N) is 1. The van der Waals surface area contributed by atoms with Gasteiger partial charge in [-0.3, -0.25) is 0 Å². The molecule has 1 fully saturated rings. The molecule has 0 spiro atoms. The number of rotatable bonds is 7. The van der Waals surface area contributed by atoms with Crippen molar-refractivity contribution < 1.29 is 0 Å². The number of nitrogens with zero attached hydrogens (tertiary/aromatic N) is 2. The van der Waals surface area contributed by atoms with Gasteiger partial charge in [0.2, 0.25) is 0 Å². The van der Waals surface area contributed by atoms with Crippen LogP contribution in [0.4, 0.5) is 0 Å². The Morgan fingerprint density at radius 1 is 1.37 bits per heavy atom. The summed E-state index contributed by atoms with van der Waals surface area (Å²) < 4.78 is 2.22. The fourth-order valence-electron chi connectivity index (χ4n) is 3.68. The van der Waals surface area contributed by atoms with Gasteiger partial charge in [0.25, 0.3) is 0 Å². The summed E-state index contributed by atoms with van der Waals surface area (Å²) >= 11 is 0. The zero-order valence-electron chi connectivity index (χ0n) is 12.8. The number of hydrogen-bond acceptors (Lipinski definition) is 2. The first-order valence-electron chi connectivity index (χ1n) is 7.86. The predicted molar refractivity (Wildman–Crippen MR) is 80.0 cm³/mol. The van der Waals surface area contributed by atoms with Gasteiger partial charge < -0.3 is 9.88 Å². The molecule has 0 atom stereocenters. The van der Waals surface area contributed by atoms with E-state index in [2.05, 4.69) is 41.8 Å². The van der Waals surface area contributed by atoms with Crippen LogP contribution in [0.5, 0.6) is 0 Å². The molecular formula is C16H29N3. The molecule has 0 amide bonds. The minimum Gasteiger partial charge on any atom is -0.334 e. The molecule has 2 rings (SSSR count). The summed E-state index contributed by atoms with van der Waals surface area (Å²) in [6.45, 7) is 9.94. The van der Waals surface area contributed by atoms with Crippen molar-refractivity contribution in [2.24, 2.45) is 11.3 Å². The van der Waals surface area contributed by atoms with Crippen molar-refractivity contribution in [3.63, 3.8) is 0 Å². The summed E-state index contributed by atoms with van der Waals surface area (Å²) in [5.41, 5.74) is 0.553. The molecule has 0 radical (unpaired) electrons. The molecule has 108 valence electrons. The Labute approximate surface area is 117 Å². The van der Waals surface area contributed by atoms with Crippen molar-refractivity contribution in [1.82, 2.24) is 14.9 Å². The lowest BCUT2D eigenvalue weighted by Gasteiger charge is -2.31. The molecule has 3 nitrogen and oxygen atoms in total. The second-order valence-electron chi connectivity index (χ2n) is 6.54. The third-order valence-corrected chi connectivity index (χ3v) is 4.43. The van der Waals surface area contributed by atoms with Gasteiger partial charge in [-0.2, -0.15) is 0 Å². The molecule has 0 aliphatic heterocycles. The van der Waals surface area contributed by atoms with Crippen molar-refractivity contribution in [1.29, 1.82) is 0 Å². The fourth-order valence-corrected chi connectivity index (χ4v) is 3.68. The SMILES string of the molecule is CCn1ccnc1CNCC1(CC(C)C)CCCC1. The highest BCUT2D eigenvalue weighted by Gasteiger charge is 2.33. The van der Waals surface area contributed by atoms with Crippen molar-refractivity contribution in [3.05, 3.63) is 18.2 Å². The predicted octanol–water partition coefficient (Wildman–Crippen LogP) is 3.60. The van der Waals surface area contributed by atoms with Crippen LogP contribution < -0.4 is 5.32 Å². The van der Waals surface area contributed by atoms with Gasteiger partial charge in [0.1, 0.15) is 5.82 Å². The molecule has 0 unspecified atom stereocenters. The summed E-state index contributed by atoms with van der Waals surface area (Å²) in [6.07, 6.45) is 11.0. The molecule has 1 aromatic rings. The van der Waals surface area contributed by atoms with Crippen LogP contribution in [-0.4, -0.2) is 16.1 Å². The van der Waals surface area contributed by atoms with Crippen molar-refractivity contribution in [3.8, 4) is 0 Å². The molecule has 1 aliphatic carbocycles. The lowest BCUT2D eigenvalue weighted by molar-refractivity contribution is 0.222. The van der Waals surface area contributed by atoms with E-state index in [0.29, 0.717) is 5.41 Å². The molecule has 0 saturated heterocycles. The molecule has 3 heteroatoms. The van der Waals surface area contributed by atoms with E-state index in [-0.39, 0.29) is 0 Å². The second kappa shape index (κ2) is 6.56. The fraction of sp³-hybridized carbons (Fsp3) is 0.812. The van der Waals surface area contributed by atoms with E-state index in [1.54, 1.807) is 0 Å². The van der Waals surface area contributed by atoms with Crippen LogP contribution in [0.3, 0.4) is 0 Å². The van der Waals surface area contributed by atoms with E-state index in [0.717, 1.165) is 25.6 Å². The third-order valence-electron chi connectivity index (χ3n) is 4.43. The Bertz CT molecular complexity index is 375. The molecule has 1 N–H and O–H groups in total. The topological polar surface area (TPSA) is 29.9 Å². The molecule has 0 bridgehead atoms. The Hall–Kier alpha value is -0.830. The van der Waals surface area contributed by atoms with E-state index < -0.39 is 0 Å². The first-order valence-corrected chi connectivity index (χ1v) is 7.86. The summed E-state index contributed by atoms with van der Waals surface area (Å²) in [5, 5.41) is 3.67. The van der Waals surface area contributed by atoms with Gasteiger partial charge in [0.05, 0.1) is 6.54 Å². The van der Waals surface area contributed by atoms with Gasteiger partial charge in [-0.25, -0.2) is 4.98 Å².